The van der Waals surface area contributed by atoms with Gasteiger partial charge in [0.2, 0.25) is 0 Å². The molecule has 0 spiro atoms. The van der Waals surface area contributed by atoms with E-state index in [1.807, 2.05) is 19.1 Å². The molecule has 0 saturated carbocycles. The number of quaternary nitrogens is 1. The molecule has 0 atom stereocenters. The van der Waals surface area contributed by atoms with Crippen LogP contribution in [0.15, 0.2) is 47.6 Å². The molecule has 3 rings (SSSR count). The molecule has 0 unspecified atom stereocenters. The zero-order chi connectivity index (χ0) is 20.6. The fourth-order valence-electron chi connectivity index (χ4n) is 3.14. The highest BCUT2D eigenvalue weighted by Gasteiger charge is 2.17. The van der Waals surface area contributed by atoms with Gasteiger partial charge in [-0.2, -0.15) is 5.10 Å². The third kappa shape index (κ3) is 6.22. The van der Waals surface area contributed by atoms with Crippen LogP contribution in [0.2, 0.25) is 0 Å². The maximum atomic E-state index is 13.0. The Labute approximate surface area is 175 Å². The zero-order valence-corrected chi connectivity index (χ0v) is 17.4. The van der Waals surface area contributed by atoms with Crippen molar-refractivity contribution in [3.63, 3.8) is 0 Å². The number of thiocarbonyl (C=S) groups is 1. The van der Waals surface area contributed by atoms with Crippen LogP contribution in [-0.4, -0.2) is 44.2 Å². The first kappa shape index (κ1) is 21.2. The SMILES string of the molecule is COc1ccc(/C(C)=N\NC(=S)Nc2ccc(F)cc2)cc1C[NH+]1CCOCC1. The van der Waals surface area contributed by atoms with Crippen LogP contribution in [-0.2, 0) is 11.3 Å². The maximum absolute atomic E-state index is 13.0. The number of nitrogens with zero attached hydrogens (tertiary/aromatic N) is 1. The Kier molecular flexibility index (Phi) is 7.51. The van der Waals surface area contributed by atoms with Crippen LogP contribution in [0.25, 0.3) is 0 Å². The van der Waals surface area contributed by atoms with Crippen molar-refractivity contribution in [2.45, 2.75) is 13.5 Å². The van der Waals surface area contributed by atoms with Crippen molar-refractivity contribution >= 4 is 28.7 Å². The van der Waals surface area contributed by atoms with E-state index in [-0.39, 0.29) is 5.82 Å². The smallest absolute Gasteiger partial charge is 0.191 e. The topological polar surface area (TPSA) is 59.3 Å². The summed E-state index contributed by atoms with van der Waals surface area (Å²) in [6.45, 7) is 6.36. The summed E-state index contributed by atoms with van der Waals surface area (Å²) in [5, 5.41) is 7.68. The minimum Gasteiger partial charge on any atom is -0.496 e. The number of ether oxygens (including phenoxy) is 2. The lowest BCUT2D eigenvalue weighted by Gasteiger charge is -2.24. The molecule has 0 amide bonds. The highest BCUT2D eigenvalue weighted by Crippen LogP contribution is 2.19. The Morgan fingerprint density at radius 2 is 1.93 bits per heavy atom. The van der Waals surface area contributed by atoms with Gasteiger partial charge in [0.1, 0.15) is 31.2 Å². The van der Waals surface area contributed by atoms with Crippen molar-refractivity contribution in [1.29, 1.82) is 0 Å². The largest absolute Gasteiger partial charge is 0.496 e. The molecule has 1 heterocycles. The van der Waals surface area contributed by atoms with Gasteiger partial charge < -0.3 is 19.7 Å². The number of halogens is 1. The lowest BCUT2D eigenvalue weighted by atomic mass is 10.1. The van der Waals surface area contributed by atoms with Gasteiger partial charge in [-0.1, -0.05) is 0 Å². The summed E-state index contributed by atoms with van der Waals surface area (Å²) < 4.78 is 24.0. The Hall–Kier alpha value is -2.55. The predicted octanol–water partition coefficient (Wildman–Crippen LogP) is 1.96. The molecule has 6 nitrogen and oxygen atoms in total. The van der Waals surface area contributed by atoms with E-state index in [4.69, 9.17) is 21.7 Å². The van der Waals surface area contributed by atoms with Crippen LogP contribution in [0.5, 0.6) is 5.75 Å². The number of hydrogen-bond donors (Lipinski definition) is 3. The lowest BCUT2D eigenvalue weighted by molar-refractivity contribution is -0.921. The van der Waals surface area contributed by atoms with Gasteiger partial charge in [0.15, 0.2) is 5.11 Å². The van der Waals surface area contributed by atoms with Gasteiger partial charge in [-0.15, -0.1) is 0 Å². The van der Waals surface area contributed by atoms with Gasteiger partial charge in [-0.05, 0) is 67.2 Å². The van der Waals surface area contributed by atoms with Crippen molar-refractivity contribution in [2.24, 2.45) is 5.10 Å². The first-order valence-electron chi connectivity index (χ1n) is 9.50. The molecule has 3 N–H and O–H groups in total. The first-order chi connectivity index (χ1) is 14.0. The molecule has 2 aromatic carbocycles. The molecule has 154 valence electrons. The van der Waals surface area contributed by atoms with Gasteiger partial charge in [0, 0.05) is 11.3 Å². The van der Waals surface area contributed by atoms with Crippen LogP contribution in [0.3, 0.4) is 0 Å². The van der Waals surface area contributed by atoms with Crippen LogP contribution < -0.4 is 20.4 Å². The highest BCUT2D eigenvalue weighted by molar-refractivity contribution is 7.80. The number of rotatable bonds is 6. The highest BCUT2D eigenvalue weighted by atomic mass is 32.1. The zero-order valence-electron chi connectivity index (χ0n) is 16.6. The fraction of sp³-hybridized carbons (Fsp3) is 0.333. The van der Waals surface area contributed by atoms with E-state index in [0.717, 1.165) is 55.4 Å². The van der Waals surface area contributed by atoms with Crippen molar-refractivity contribution < 1.29 is 18.8 Å². The quantitative estimate of drug-likeness (QED) is 0.381. The van der Waals surface area contributed by atoms with E-state index in [1.54, 1.807) is 19.2 Å². The summed E-state index contributed by atoms with van der Waals surface area (Å²) >= 11 is 5.25. The first-order valence-corrected chi connectivity index (χ1v) is 9.91. The molecular weight excluding hydrogens is 391 g/mol. The molecule has 0 bridgehead atoms. The number of morpholine rings is 1. The number of nitrogens with one attached hydrogen (secondary N) is 3. The van der Waals surface area contributed by atoms with E-state index < -0.39 is 0 Å². The van der Waals surface area contributed by atoms with Gasteiger partial charge in [0.05, 0.1) is 26.0 Å². The molecule has 0 aromatic heterocycles. The van der Waals surface area contributed by atoms with E-state index in [9.17, 15) is 4.39 Å². The molecule has 2 aromatic rings. The van der Waals surface area contributed by atoms with Gasteiger partial charge >= 0.3 is 0 Å². The van der Waals surface area contributed by atoms with Crippen molar-refractivity contribution in [2.75, 3.05) is 38.7 Å². The number of anilines is 1. The average molecular weight is 418 g/mol. The van der Waals surface area contributed by atoms with Crippen LogP contribution in [0.1, 0.15) is 18.1 Å². The second-order valence-corrected chi connectivity index (χ2v) is 7.24. The van der Waals surface area contributed by atoms with Crippen LogP contribution in [0, 0.1) is 5.82 Å². The van der Waals surface area contributed by atoms with Gasteiger partial charge in [-0.25, -0.2) is 4.39 Å². The van der Waals surface area contributed by atoms with E-state index in [2.05, 4.69) is 21.9 Å². The summed E-state index contributed by atoms with van der Waals surface area (Å²) in [5.74, 6) is 0.583. The molecule has 29 heavy (non-hydrogen) atoms. The Morgan fingerprint density at radius 3 is 2.62 bits per heavy atom. The third-order valence-corrected chi connectivity index (χ3v) is 4.96. The predicted molar refractivity (Wildman–Crippen MR) is 116 cm³/mol. The van der Waals surface area contributed by atoms with Crippen LogP contribution in [0.4, 0.5) is 10.1 Å². The number of methoxy groups -OCH3 is 1. The summed E-state index contributed by atoms with van der Waals surface area (Å²) in [6.07, 6.45) is 0. The van der Waals surface area contributed by atoms with Gasteiger partial charge in [0.25, 0.3) is 0 Å². The minimum atomic E-state index is -0.294. The standard InChI is InChI=1S/C21H25FN4O2S/c1-15(24-25-21(29)23-19-6-4-18(22)5-7-19)16-3-8-20(27-2)17(13-16)14-26-9-11-28-12-10-26/h3-8,13H,9-12,14H2,1-2H3,(H2,23,25,29)/p+1/b24-15-. The average Bonchev–Trinajstić information content (AvgIpc) is 2.74. The molecular formula is C21H26FN4O2S+. The lowest BCUT2D eigenvalue weighted by Crippen LogP contribution is -3.12. The molecule has 1 saturated heterocycles. The number of hydrazone groups is 1. The van der Waals surface area contributed by atoms with E-state index in [1.165, 1.54) is 17.0 Å². The molecule has 0 aliphatic carbocycles. The molecule has 1 aliphatic rings. The van der Waals surface area contributed by atoms with Crippen molar-refractivity contribution in [1.82, 2.24) is 5.43 Å². The van der Waals surface area contributed by atoms with Crippen molar-refractivity contribution in [3.8, 4) is 5.75 Å². The second kappa shape index (κ2) is 10.3. The number of benzene rings is 2. The normalized spacial score (nSPS) is 15.1. The molecule has 1 fully saturated rings. The van der Waals surface area contributed by atoms with Crippen LogP contribution >= 0.6 is 12.2 Å². The van der Waals surface area contributed by atoms with Crippen molar-refractivity contribution in [3.05, 3.63) is 59.4 Å². The Balaban J connectivity index is 1.65. The second-order valence-electron chi connectivity index (χ2n) is 6.84. The van der Waals surface area contributed by atoms with Gasteiger partial charge in [-0.3, -0.25) is 5.43 Å². The third-order valence-electron chi connectivity index (χ3n) is 4.77. The van der Waals surface area contributed by atoms with E-state index >= 15 is 0 Å². The summed E-state index contributed by atoms with van der Waals surface area (Å²) in [4.78, 5) is 1.48. The summed E-state index contributed by atoms with van der Waals surface area (Å²) in [5.41, 5.74) is 6.46. The molecule has 1 aliphatic heterocycles. The molecule has 0 radical (unpaired) electrons. The monoisotopic (exact) mass is 417 g/mol. The van der Waals surface area contributed by atoms with E-state index in [0.29, 0.717) is 10.8 Å². The Morgan fingerprint density at radius 1 is 1.21 bits per heavy atom. The molecule has 8 heteroatoms. The minimum absolute atomic E-state index is 0.294. The number of hydrogen-bond acceptors (Lipinski definition) is 4. The maximum Gasteiger partial charge on any atom is 0.191 e. The summed E-state index contributed by atoms with van der Waals surface area (Å²) in [6, 6.07) is 12.0. The fourth-order valence-corrected chi connectivity index (χ4v) is 3.30. The summed E-state index contributed by atoms with van der Waals surface area (Å²) in [7, 11) is 1.69. The Bertz CT molecular complexity index is 867.